The molecule has 1 aromatic heterocycles. The van der Waals surface area contributed by atoms with E-state index in [1.165, 1.54) is 30.5 Å². The van der Waals surface area contributed by atoms with Gasteiger partial charge in [0.1, 0.15) is 23.0 Å². The number of hydrogen-bond acceptors (Lipinski definition) is 3. The first kappa shape index (κ1) is 19.3. The molecule has 0 aliphatic rings. The van der Waals surface area contributed by atoms with Crippen molar-refractivity contribution in [3.63, 3.8) is 0 Å². The van der Waals surface area contributed by atoms with Crippen molar-refractivity contribution < 1.29 is 26.7 Å². The molecule has 3 rings (SSSR count). The molecule has 0 bridgehead atoms. The first-order valence-electron chi connectivity index (χ1n) is 7.90. The summed E-state index contributed by atoms with van der Waals surface area (Å²) >= 11 is 0. The van der Waals surface area contributed by atoms with Crippen molar-refractivity contribution in [2.24, 2.45) is 0 Å². The van der Waals surface area contributed by atoms with Crippen LogP contribution in [0.2, 0.25) is 0 Å². The Morgan fingerprint density at radius 1 is 0.893 bits per heavy atom. The summed E-state index contributed by atoms with van der Waals surface area (Å²) in [6.07, 6.45) is -3.26. The highest BCUT2D eigenvalue weighted by atomic mass is 19.4. The molecule has 144 valence electrons. The first-order chi connectivity index (χ1) is 13.2. The Morgan fingerprint density at radius 2 is 1.54 bits per heavy atom. The summed E-state index contributed by atoms with van der Waals surface area (Å²) < 4.78 is 65.7. The van der Waals surface area contributed by atoms with Crippen molar-refractivity contribution in [3.8, 4) is 0 Å². The number of para-hydroxylation sites is 1. The fraction of sp³-hybridized carbons (Fsp3) is 0.0526. The van der Waals surface area contributed by atoms with Crippen molar-refractivity contribution in [3.05, 3.63) is 83.7 Å². The van der Waals surface area contributed by atoms with Crippen LogP contribution in [0.5, 0.6) is 0 Å². The molecule has 0 saturated carbocycles. The molecule has 9 heteroatoms. The summed E-state index contributed by atoms with van der Waals surface area (Å²) in [5.41, 5.74) is -1.22. The quantitative estimate of drug-likeness (QED) is 0.586. The average Bonchev–Trinajstić information content (AvgIpc) is 2.64. The minimum Gasteiger partial charge on any atom is -0.355 e. The number of nitrogens with zero attached hydrogens (tertiary/aromatic N) is 1. The van der Waals surface area contributed by atoms with Crippen LogP contribution < -0.4 is 10.6 Å². The normalized spacial score (nSPS) is 11.2. The number of amides is 1. The zero-order chi connectivity index (χ0) is 20.3. The van der Waals surface area contributed by atoms with Crippen LogP contribution in [0.15, 0.2) is 60.8 Å². The molecule has 0 saturated heterocycles. The molecule has 0 spiro atoms. The number of halogens is 5. The van der Waals surface area contributed by atoms with E-state index in [1.807, 2.05) is 0 Å². The van der Waals surface area contributed by atoms with Gasteiger partial charge >= 0.3 is 6.18 Å². The van der Waals surface area contributed by atoms with Gasteiger partial charge in [0.15, 0.2) is 0 Å². The van der Waals surface area contributed by atoms with Gasteiger partial charge in [-0.25, -0.2) is 8.78 Å². The van der Waals surface area contributed by atoms with E-state index >= 15 is 0 Å². The van der Waals surface area contributed by atoms with Crippen molar-refractivity contribution in [2.45, 2.75) is 6.18 Å². The van der Waals surface area contributed by atoms with E-state index in [-0.39, 0.29) is 17.1 Å². The third-order valence-corrected chi connectivity index (χ3v) is 3.67. The molecule has 0 unspecified atom stereocenters. The lowest BCUT2D eigenvalue weighted by molar-refractivity contribution is -0.137. The molecule has 0 aliphatic carbocycles. The van der Waals surface area contributed by atoms with E-state index in [9.17, 15) is 26.7 Å². The van der Waals surface area contributed by atoms with Gasteiger partial charge in [-0.1, -0.05) is 12.1 Å². The number of hydrogen-bond donors (Lipinski definition) is 2. The molecule has 1 heterocycles. The topological polar surface area (TPSA) is 54.0 Å². The fourth-order valence-corrected chi connectivity index (χ4v) is 2.37. The Bertz CT molecular complexity index is 1000. The van der Waals surface area contributed by atoms with Gasteiger partial charge in [-0.05, 0) is 42.5 Å². The summed E-state index contributed by atoms with van der Waals surface area (Å²) in [5.74, 6) is -2.78. The Morgan fingerprint density at radius 3 is 2.21 bits per heavy atom. The van der Waals surface area contributed by atoms with E-state index in [4.69, 9.17) is 0 Å². The second kappa shape index (κ2) is 7.63. The lowest BCUT2D eigenvalue weighted by Gasteiger charge is -2.11. The SMILES string of the molecule is O=C(Nc1c(F)cccc1F)c1cc(Nc2cccc(C(F)(F)F)c2)ccn1. The van der Waals surface area contributed by atoms with E-state index in [2.05, 4.69) is 15.6 Å². The maximum atomic E-state index is 13.6. The zero-order valence-electron chi connectivity index (χ0n) is 14.0. The highest BCUT2D eigenvalue weighted by Crippen LogP contribution is 2.31. The summed E-state index contributed by atoms with van der Waals surface area (Å²) in [4.78, 5) is 16.0. The van der Waals surface area contributed by atoms with Gasteiger partial charge in [-0.15, -0.1) is 0 Å². The van der Waals surface area contributed by atoms with Gasteiger partial charge in [0, 0.05) is 17.6 Å². The van der Waals surface area contributed by atoms with Crippen LogP contribution in [0.25, 0.3) is 0 Å². The van der Waals surface area contributed by atoms with Gasteiger partial charge in [0.05, 0.1) is 5.56 Å². The molecule has 1 amide bonds. The third kappa shape index (κ3) is 4.43. The van der Waals surface area contributed by atoms with Crippen LogP contribution in [0, 0.1) is 11.6 Å². The Labute approximate surface area is 156 Å². The van der Waals surface area contributed by atoms with Gasteiger partial charge in [-0.3, -0.25) is 9.78 Å². The zero-order valence-corrected chi connectivity index (χ0v) is 14.0. The number of pyridine rings is 1. The van der Waals surface area contributed by atoms with Gasteiger partial charge < -0.3 is 10.6 Å². The molecular formula is C19H12F5N3O. The number of carbonyl (C=O) groups is 1. The number of nitrogens with one attached hydrogen (secondary N) is 2. The van der Waals surface area contributed by atoms with Crippen LogP contribution in [-0.2, 0) is 6.18 Å². The van der Waals surface area contributed by atoms with Crippen molar-refractivity contribution in [2.75, 3.05) is 10.6 Å². The van der Waals surface area contributed by atoms with Gasteiger partial charge in [-0.2, -0.15) is 13.2 Å². The molecule has 2 N–H and O–H groups in total. The van der Waals surface area contributed by atoms with E-state index in [0.717, 1.165) is 30.3 Å². The lowest BCUT2D eigenvalue weighted by atomic mass is 10.2. The summed E-state index contributed by atoms with van der Waals surface area (Å²) in [7, 11) is 0. The molecular weight excluding hydrogens is 381 g/mol. The minimum atomic E-state index is -4.50. The molecule has 3 aromatic rings. The summed E-state index contributed by atoms with van der Waals surface area (Å²) in [6, 6.07) is 10.3. The molecule has 0 radical (unpaired) electrons. The third-order valence-electron chi connectivity index (χ3n) is 3.67. The molecule has 0 aliphatic heterocycles. The Kier molecular flexibility index (Phi) is 5.25. The number of anilines is 3. The maximum Gasteiger partial charge on any atom is 0.416 e. The predicted molar refractivity (Wildman–Crippen MR) is 93.3 cm³/mol. The second-order valence-corrected chi connectivity index (χ2v) is 5.68. The average molecular weight is 393 g/mol. The molecule has 0 fully saturated rings. The largest absolute Gasteiger partial charge is 0.416 e. The maximum absolute atomic E-state index is 13.6. The first-order valence-corrected chi connectivity index (χ1v) is 7.90. The molecule has 28 heavy (non-hydrogen) atoms. The molecule has 2 aromatic carbocycles. The number of alkyl halides is 3. The monoisotopic (exact) mass is 393 g/mol. The van der Waals surface area contributed by atoms with Gasteiger partial charge in [0.25, 0.3) is 5.91 Å². The highest BCUT2D eigenvalue weighted by Gasteiger charge is 2.30. The van der Waals surface area contributed by atoms with E-state index in [1.54, 1.807) is 0 Å². The van der Waals surface area contributed by atoms with Gasteiger partial charge in [0.2, 0.25) is 0 Å². The molecule has 0 atom stereocenters. The van der Waals surface area contributed by atoms with Crippen molar-refractivity contribution in [1.29, 1.82) is 0 Å². The lowest BCUT2D eigenvalue weighted by Crippen LogP contribution is -2.16. The predicted octanol–water partition coefficient (Wildman–Crippen LogP) is 5.37. The van der Waals surface area contributed by atoms with Crippen molar-refractivity contribution >= 4 is 23.0 Å². The van der Waals surface area contributed by atoms with Crippen LogP contribution >= 0.6 is 0 Å². The van der Waals surface area contributed by atoms with E-state index in [0.29, 0.717) is 0 Å². The molecule has 4 nitrogen and oxygen atoms in total. The minimum absolute atomic E-state index is 0.146. The highest BCUT2D eigenvalue weighted by molar-refractivity contribution is 6.03. The van der Waals surface area contributed by atoms with Crippen LogP contribution in [0.3, 0.4) is 0 Å². The number of aromatic nitrogens is 1. The fourth-order valence-electron chi connectivity index (χ4n) is 2.37. The van der Waals surface area contributed by atoms with Crippen LogP contribution in [0.1, 0.15) is 16.1 Å². The van der Waals surface area contributed by atoms with Crippen LogP contribution in [-0.4, -0.2) is 10.9 Å². The number of benzene rings is 2. The smallest absolute Gasteiger partial charge is 0.355 e. The summed E-state index contributed by atoms with van der Waals surface area (Å²) in [6.45, 7) is 0. The second-order valence-electron chi connectivity index (χ2n) is 5.68. The summed E-state index contributed by atoms with van der Waals surface area (Å²) in [5, 5.41) is 4.82. The van der Waals surface area contributed by atoms with E-state index < -0.39 is 35.0 Å². The Balaban J connectivity index is 1.80. The van der Waals surface area contributed by atoms with Crippen molar-refractivity contribution in [1.82, 2.24) is 4.98 Å². The Hall–Kier alpha value is -3.49. The number of rotatable bonds is 4. The van der Waals surface area contributed by atoms with Crippen LogP contribution in [0.4, 0.5) is 39.0 Å². The number of carbonyl (C=O) groups excluding carboxylic acids is 1. The standard InChI is InChI=1S/C19H12F5N3O/c20-14-5-2-6-15(21)17(14)27-18(28)16-10-13(7-8-25-16)26-12-4-1-3-11(9-12)19(22,23)24/h1-10H,(H,25,26)(H,27,28).